The highest BCUT2D eigenvalue weighted by Gasteiger charge is 2.29. The van der Waals surface area contributed by atoms with Crippen LogP contribution in [0.5, 0.6) is 0 Å². The monoisotopic (exact) mass is 371 g/mol. The zero-order valence-electron chi connectivity index (χ0n) is 16.3. The standard InChI is InChI=1S/C16H24N2O3.C5H5N/c1-16(2,3)21-15(20)17-13-6-4-5-7-14(13)18-9-8-12(10-18)11-19;1-2-4-6-5-3-1/h8-11,13-14H,4-7H2,1-3H3,(H,17,20);1-5H/t13-,14-;/m1./s1. The van der Waals surface area contributed by atoms with Crippen LogP contribution in [0.15, 0.2) is 49.1 Å². The largest absolute Gasteiger partial charge is 0.444 e. The quantitative estimate of drug-likeness (QED) is 0.812. The van der Waals surface area contributed by atoms with E-state index in [1.807, 2.05) is 55.9 Å². The van der Waals surface area contributed by atoms with Gasteiger partial charge in [0.05, 0.1) is 12.1 Å². The summed E-state index contributed by atoms with van der Waals surface area (Å²) < 4.78 is 7.37. The molecule has 0 spiro atoms. The number of aromatic nitrogens is 2. The van der Waals surface area contributed by atoms with Gasteiger partial charge in [0.25, 0.3) is 0 Å². The summed E-state index contributed by atoms with van der Waals surface area (Å²) in [4.78, 5) is 26.6. The third kappa shape index (κ3) is 7.25. The minimum absolute atomic E-state index is 0.0421. The third-order valence-corrected chi connectivity index (χ3v) is 4.25. The van der Waals surface area contributed by atoms with E-state index in [1.54, 1.807) is 18.5 Å². The van der Waals surface area contributed by atoms with Crippen molar-refractivity contribution in [1.29, 1.82) is 0 Å². The number of ether oxygens (including phenoxy) is 1. The van der Waals surface area contributed by atoms with Crippen LogP contribution >= 0.6 is 0 Å². The van der Waals surface area contributed by atoms with Gasteiger partial charge in [-0.15, -0.1) is 0 Å². The molecule has 6 heteroatoms. The van der Waals surface area contributed by atoms with E-state index >= 15 is 0 Å². The van der Waals surface area contributed by atoms with Crippen molar-refractivity contribution in [3.63, 3.8) is 0 Å². The number of rotatable bonds is 3. The minimum atomic E-state index is -0.494. The number of nitrogens with zero attached hydrogens (tertiary/aromatic N) is 2. The fourth-order valence-electron chi connectivity index (χ4n) is 3.11. The van der Waals surface area contributed by atoms with Crippen molar-refractivity contribution < 1.29 is 14.3 Å². The van der Waals surface area contributed by atoms with Gasteiger partial charge in [0, 0.05) is 30.4 Å². The maximum absolute atomic E-state index is 12.0. The molecule has 0 saturated heterocycles. The zero-order chi connectivity index (χ0) is 19.7. The second-order valence-electron chi connectivity index (χ2n) is 7.64. The number of nitrogens with one attached hydrogen (secondary N) is 1. The van der Waals surface area contributed by atoms with E-state index < -0.39 is 5.60 Å². The summed E-state index contributed by atoms with van der Waals surface area (Å²) in [6.45, 7) is 5.56. The highest BCUT2D eigenvalue weighted by molar-refractivity contribution is 5.74. The molecule has 1 fully saturated rings. The summed E-state index contributed by atoms with van der Waals surface area (Å²) in [7, 11) is 0. The normalized spacial score (nSPS) is 19.4. The Kier molecular flexibility index (Phi) is 7.58. The van der Waals surface area contributed by atoms with E-state index in [4.69, 9.17) is 4.74 Å². The molecule has 2 atom stereocenters. The van der Waals surface area contributed by atoms with E-state index in [0.29, 0.717) is 5.56 Å². The molecule has 1 saturated carbocycles. The van der Waals surface area contributed by atoms with Crippen LogP contribution in [0.3, 0.4) is 0 Å². The van der Waals surface area contributed by atoms with E-state index in [9.17, 15) is 9.59 Å². The van der Waals surface area contributed by atoms with Gasteiger partial charge in [0.2, 0.25) is 0 Å². The molecule has 1 N–H and O–H groups in total. The van der Waals surface area contributed by atoms with Crippen LogP contribution < -0.4 is 5.32 Å². The van der Waals surface area contributed by atoms with E-state index in [0.717, 1.165) is 32.0 Å². The van der Waals surface area contributed by atoms with Crippen LogP contribution in [0.25, 0.3) is 0 Å². The molecular weight excluding hydrogens is 342 g/mol. The number of aldehydes is 1. The smallest absolute Gasteiger partial charge is 0.407 e. The molecule has 3 rings (SSSR count). The molecule has 2 heterocycles. The summed E-state index contributed by atoms with van der Waals surface area (Å²) in [6.07, 6.45) is 11.9. The molecule has 0 aliphatic heterocycles. The van der Waals surface area contributed by atoms with Gasteiger partial charge in [0.1, 0.15) is 5.60 Å². The Labute approximate surface area is 160 Å². The average Bonchev–Trinajstić information content (AvgIpc) is 3.11. The predicted molar refractivity (Wildman–Crippen MR) is 105 cm³/mol. The van der Waals surface area contributed by atoms with Gasteiger partial charge in [-0.1, -0.05) is 18.9 Å². The van der Waals surface area contributed by atoms with Crippen molar-refractivity contribution in [2.24, 2.45) is 0 Å². The Morgan fingerprint density at radius 3 is 2.44 bits per heavy atom. The van der Waals surface area contributed by atoms with Crippen molar-refractivity contribution in [2.45, 2.75) is 64.1 Å². The summed E-state index contributed by atoms with van der Waals surface area (Å²) in [5.41, 5.74) is 0.170. The number of amides is 1. The number of carbonyl (C=O) groups is 2. The SMILES string of the molecule is CC(C)(C)OC(=O)N[C@@H]1CCCC[C@H]1n1ccc(C=O)c1.c1ccncc1. The fourth-order valence-corrected chi connectivity index (χ4v) is 3.11. The maximum Gasteiger partial charge on any atom is 0.407 e. The van der Waals surface area contributed by atoms with Gasteiger partial charge in [-0.2, -0.15) is 0 Å². The molecule has 0 radical (unpaired) electrons. The van der Waals surface area contributed by atoms with Crippen molar-refractivity contribution in [3.05, 3.63) is 54.6 Å². The first-order valence-electron chi connectivity index (χ1n) is 9.36. The summed E-state index contributed by atoms with van der Waals surface area (Å²) in [5.74, 6) is 0. The Hall–Kier alpha value is -2.63. The van der Waals surface area contributed by atoms with Gasteiger partial charge in [-0.05, 0) is 51.8 Å². The number of carbonyl (C=O) groups excluding carboxylic acids is 2. The molecule has 146 valence electrons. The molecule has 6 nitrogen and oxygen atoms in total. The number of hydrogen-bond acceptors (Lipinski definition) is 4. The molecule has 2 aromatic heterocycles. The average molecular weight is 371 g/mol. The van der Waals surface area contributed by atoms with Gasteiger partial charge >= 0.3 is 6.09 Å². The Morgan fingerprint density at radius 1 is 1.22 bits per heavy atom. The highest BCUT2D eigenvalue weighted by Crippen LogP contribution is 2.29. The van der Waals surface area contributed by atoms with E-state index in [-0.39, 0.29) is 18.2 Å². The first-order valence-corrected chi connectivity index (χ1v) is 9.36. The van der Waals surface area contributed by atoms with Gasteiger partial charge in [0.15, 0.2) is 6.29 Å². The van der Waals surface area contributed by atoms with Gasteiger partial charge in [-0.3, -0.25) is 9.78 Å². The number of alkyl carbamates (subject to hydrolysis) is 1. The first kappa shape index (κ1) is 20.7. The summed E-state index contributed by atoms with van der Waals surface area (Å²) in [5, 5.41) is 2.98. The molecule has 1 aliphatic rings. The summed E-state index contributed by atoms with van der Waals surface area (Å²) in [6, 6.07) is 7.74. The molecule has 27 heavy (non-hydrogen) atoms. The van der Waals surface area contributed by atoms with Crippen molar-refractivity contribution >= 4 is 12.4 Å². The lowest BCUT2D eigenvalue weighted by molar-refractivity contribution is 0.0472. The second kappa shape index (κ2) is 9.90. The lowest BCUT2D eigenvalue weighted by atomic mass is 9.90. The molecule has 1 amide bonds. The Morgan fingerprint density at radius 2 is 1.93 bits per heavy atom. The fraction of sp³-hybridized carbons (Fsp3) is 0.476. The van der Waals surface area contributed by atoms with Crippen LogP contribution in [-0.4, -0.2) is 33.6 Å². The molecule has 0 aromatic carbocycles. The number of hydrogen-bond donors (Lipinski definition) is 1. The van der Waals surface area contributed by atoms with Crippen molar-refractivity contribution in [1.82, 2.24) is 14.9 Å². The van der Waals surface area contributed by atoms with Crippen LogP contribution in [0.4, 0.5) is 4.79 Å². The lowest BCUT2D eigenvalue weighted by Crippen LogP contribution is -2.44. The maximum atomic E-state index is 12.0. The third-order valence-electron chi connectivity index (χ3n) is 4.25. The highest BCUT2D eigenvalue weighted by atomic mass is 16.6. The van der Waals surface area contributed by atoms with Gasteiger partial charge in [-0.25, -0.2) is 4.79 Å². The molecular formula is C21H29N3O3. The predicted octanol–water partition coefficient (Wildman–Crippen LogP) is 4.39. The van der Waals surface area contributed by atoms with Crippen LogP contribution in [0.2, 0.25) is 0 Å². The topological polar surface area (TPSA) is 73.2 Å². The van der Waals surface area contributed by atoms with Crippen LogP contribution in [0, 0.1) is 0 Å². The van der Waals surface area contributed by atoms with E-state index in [2.05, 4.69) is 10.3 Å². The summed E-state index contributed by atoms with van der Waals surface area (Å²) >= 11 is 0. The second-order valence-corrected chi connectivity index (χ2v) is 7.64. The van der Waals surface area contributed by atoms with Gasteiger partial charge < -0.3 is 14.6 Å². The van der Waals surface area contributed by atoms with Crippen LogP contribution in [-0.2, 0) is 4.74 Å². The molecule has 2 aromatic rings. The first-order chi connectivity index (χ1) is 12.9. The zero-order valence-corrected chi connectivity index (χ0v) is 16.3. The van der Waals surface area contributed by atoms with Crippen LogP contribution in [0.1, 0.15) is 62.9 Å². The van der Waals surface area contributed by atoms with Crippen molar-refractivity contribution in [2.75, 3.05) is 0 Å². The van der Waals surface area contributed by atoms with E-state index in [1.165, 1.54) is 0 Å². The van der Waals surface area contributed by atoms with Crippen molar-refractivity contribution in [3.8, 4) is 0 Å². The molecule has 0 unspecified atom stereocenters. The number of pyridine rings is 1. The minimum Gasteiger partial charge on any atom is -0.444 e. The molecule has 1 aliphatic carbocycles. The Balaban J connectivity index is 0.000000369. The molecule has 0 bridgehead atoms. The lowest BCUT2D eigenvalue weighted by Gasteiger charge is -2.33. The Bertz CT molecular complexity index is 680.